The summed E-state index contributed by atoms with van der Waals surface area (Å²) >= 11 is 1.64. The van der Waals surface area contributed by atoms with Gasteiger partial charge >= 0.3 is 6.03 Å². The number of nitrogens with two attached hydrogens (primary N) is 1. The number of hydrogen-bond acceptors (Lipinski definition) is 3. The SMILES string of the molecule is CC(c1cccs1)N(C)C(=O)c1ccc(CNC(N)=O)cc1. The van der Waals surface area contributed by atoms with E-state index < -0.39 is 6.03 Å². The Morgan fingerprint density at radius 1 is 1.27 bits per heavy atom. The van der Waals surface area contributed by atoms with Gasteiger partial charge < -0.3 is 16.0 Å². The van der Waals surface area contributed by atoms with Crippen LogP contribution >= 0.6 is 11.3 Å². The van der Waals surface area contributed by atoms with Crippen LogP contribution in [0.25, 0.3) is 0 Å². The van der Waals surface area contributed by atoms with Crippen LogP contribution in [0.4, 0.5) is 4.79 Å². The van der Waals surface area contributed by atoms with Gasteiger partial charge in [-0.2, -0.15) is 0 Å². The van der Waals surface area contributed by atoms with Crippen LogP contribution in [0.1, 0.15) is 33.8 Å². The van der Waals surface area contributed by atoms with Crippen LogP contribution in [0.15, 0.2) is 41.8 Å². The summed E-state index contributed by atoms with van der Waals surface area (Å²) in [6.45, 7) is 2.36. The summed E-state index contributed by atoms with van der Waals surface area (Å²) in [6, 6.07) is 10.6. The van der Waals surface area contributed by atoms with Crippen molar-refractivity contribution in [2.45, 2.75) is 19.5 Å². The van der Waals surface area contributed by atoms with Crippen molar-refractivity contribution in [2.24, 2.45) is 5.73 Å². The molecule has 2 rings (SSSR count). The molecule has 3 N–H and O–H groups in total. The minimum absolute atomic E-state index is 0.0312. The molecule has 0 fully saturated rings. The second kappa shape index (κ2) is 7.09. The predicted octanol–water partition coefficient (Wildman–Crippen LogP) is 2.75. The van der Waals surface area contributed by atoms with E-state index >= 15 is 0 Å². The predicted molar refractivity (Wildman–Crippen MR) is 87.7 cm³/mol. The van der Waals surface area contributed by atoms with Gasteiger partial charge in [0.1, 0.15) is 0 Å². The zero-order valence-corrected chi connectivity index (χ0v) is 13.4. The Morgan fingerprint density at radius 2 is 1.95 bits per heavy atom. The molecule has 22 heavy (non-hydrogen) atoms. The van der Waals surface area contributed by atoms with Gasteiger partial charge in [0.2, 0.25) is 0 Å². The Balaban J connectivity index is 2.04. The number of carbonyl (C=O) groups is 2. The molecule has 0 spiro atoms. The molecule has 0 saturated carbocycles. The monoisotopic (exact) mass is 317 g/mol. The average molecular weight is 317 g/mol. The summed E-state index contributed by atoms with van der Waals surface area (Å²) in [5.74, 6) is -0.0321. The summed E-state index contributed by atoms with van der Waals surface area (Å²) in [7, 11) is 1.80. The van der Waals surface area contributed by atoms with Crippen LogP contribution in [0.2, 0.25) is 0 Å². The molecule has 1 aromatic heterocycles. The first-order valence-corrected chi connectivity index (χ1v) is 7.80. The van der Waals surface area contributed by atoms with Gasteiger partial charge in [0.15, 0.2) is 0 Å². The minimum Gasteiger partial charge on any atom is -0.352 e. The van der Waals surface area contributed by atoms with E-state index in [0.29, 0.717) is 12.1 Å². The van der Waals surface area contributed by atoms with E-state index in [-0.39, 0.29) is 11.9 Å². The molecule has 5 nitrogen and oxygen atoms in total. The normalized spacial score (nSPS) is 11.7. The fraction of sp³-hybridized carbons (Fsp3) is 0.250. The minimum atomic E-state index is -0.565. The summed E-state index contributed by atoms with van der Waals surface area (Å²) in [4.78, 5) is 26.1. The lowest BCUT2D eigenvalue weighted by Gasteiger charge is -2.24. The van der Waals surface area contributed by atoms with Crippen molar-refractivity contribution in [3.05, 3.63) is 57.8 Å². The number of rotatable bonds is 5. The van der Waals surface area contributed by atoms with Gasteiger partial charge in [-0.1, -0.05) is 18.2 Å². The van der Waals surface area contributed by atoms with E-state index in [2.05, 4.69) is 5.32 Å². The zero-order chi connectivity index (χ0) is 16.1. The number of urea groups is 1. The molecule has 0 aliphatic carbocycles. The van der Waals surface area contributed by atoms with E-state index in [4.69, 9.17) is 5.73 Å². The number of nitrogens with one attached hydrogen (secondary N) is 1. The van der Waals surface area contributed by atoms with Gasteiger partial charge in [0, 0.05) is 24.0 Å². The Kier molecular flexibility index (Phi) is 5.16. The molecule has 2 aromatic rings. The molecule has 0 radical (unpaired) electrons. The van der Waals surface area contributed by atoms with Gasteiger partial charge in [-0.25, -0.2) is 4.79 Å². The van der Waals surface area contributed by atoms with Crippen molar-refractivity contribution in [3.63, 3.8) is 0 Å². The van der Waals surface area contributed by atoms with Crippen LogP contribution in [-0.4, -0.2) is 23.9 Å². The van der Waals surface area contributed by atoms with Crippen LogP contribution in [0, 0.1) is 0 Å². The van der Waals surface area contributed by atoms with Crippen molar-refractivity contribution >= 4 is 23.3 Å². The summed E-state index contributed by atoms with van der Waals surface area (Å²) in [5, 5.41) is 4.52. The summed E-state index contributed by atoms with van der Waals surface area (Å²) < 4.78 is 0. The first kappa shape index (κ1) is 16.0. The lowest BCUT2D eigenvalue weighted by Crippen LogP contribution is -2.29. The van der Waals surface area contributed by atoms with E-state index in [1.807, 2.05) is 36.6 Å². The largest absolute Gasteiger partial charge is 0.352 e. The highest BCUT2D eigenvalue weighted by atomic mass is 32.1. The lowest BCUT2D eigenvalue weighted by molar-refractivity contribution is 0.0745. The topological polar surface area (TPSA) is 75.4 Å². The molecule has 1 unspecified atom stereocenters. The van der Waals surface area contributed by atoms with Crippen molar-refractivity contribution < 1.29 is 9.59 Å². The molecule has 1 heterocycles. The quantitative estimate of drug-likeness (QED) is 0.889. The number of primary amides is 1. The van der Waals surface area contributed by atoms with E-state index in [1.54, 1.807) is 35.4 Å². The molecule has 1 atom stereocenters. The number of amides is 3. The molecule has 0 aliphatic heterocycles. The molecule has 116 valence electrons. The van der Waals surface area contributed by atoms with Crippen LogP contribution < -0.4 is 11.1 Å². The third-order valence-electron chi connectivity index (χ3n) is 3.52. The van der Waals surface area contributed by atoms with Gasteiger partial charge in [-0.15, -0.1) is 11.3 Å². The van der Waals surface area contributed by atoms with Crippen LogP contribution in [0.5, 0.6) is 0 Å². The highest BCUT2D eigenvalue weighted by Crippen LogP contribution is 2.24. The van der Waals surface area contributed by atoms with Crippen LogP contribution in [-0.2, 0) is 6.54 Å². The fourth-order valence-corrected chi connectivity index (χ4v) is 2.88. The fourth-order valence-electron chi connectivity index (χ4n) is 2.05. The first-order valence-electron chi connectivity index (χ1n) is 6.92. The Morgan fingerprint density at radius 3 is 2.50 bits per heavy atom. The standard InChI is InChI=1S/C16H19N3O2S/c1-11(14-4-3-9-22-14)19(2)15(20)13-7-5-12(6-8-13)10-18-16(17)21/h3-9,11H,10H2,1-2H3,(H3,17,18,21). The number of carbonyl (C=O) groups excluding carboxylic acids is 2. The number of nitrogens with zero attached hydrogens (tertiary/aromatic N) is 1. The van der Waals surface area contributed by atoms with Gasteiger partial charge in [-0.05, 0) is 36.1 Å². The Hall–Kier alpha value is -2.34. The molecular formula is C16H19N3O2S. The molecule has 6 heteroatoms. The van der Waals surface area contributed by atoms with Gasteiger partial charge in [0.25, 0.3) is 5.91 Å². The first-order chi connectivity index (χ1) is 10.5. The van der Waals surface area contributed by atoms with Crippen LogP contribution in [0.3, 0.4) is 0 Å². The number of hydrogen-bond donors (Lipinski definition) is 2. The second-order valence-electron chi connectivity index (χ2n) is 5.02. The highest BCUT2D eigenvalue weighted by molar-refractivity contribution is 7.10. The summed E-state index contributed by atoms with van der Waals surface area (Å²) in [6.07, 6.45) is 0. The summed E-state index contributed by atoms with van der Waals surface area (Å²) in [5.41, 5.74) is 6.54. The number of thiophene rings is 1. The molecule has 0 saturated heterocycles. The smallest absolute Gasteiger partial charge is 0.312 e. The van der Waals surface area contributed by atoms with E-state index in [1.165, 1.54) is 0 Å². The molecule has 0 aliphatic rings. The van der Waals surface area contributed by atoms with E-state index in [0.717, 1.165) is 10.4 Å². The lowest BCUT2D eigenvalue weighted by atomic mass is 10.1. The van der Waals surface area contributed by atoms with Crippen molar-refractivity contribution in [2.75, 3.05) is 7.05 Å². The van der Waals surface area contributed by atoms with Gasteiger partial charge in [0.05, 0.1) is 6.04 Å². The van der Waals surface area contributed by atoms with Crippen molar-refractivity contribution in [3.8, 4) is 0 Å². The molecule has 0 bridgehead atoms. The maximum Gasteiger partial charge on any atom is 0.312 e. The third-order valence-corrected chi connectivity index (χ3v) is 4.57. The maximum atomic E-state index is 12.5. The Bertz CT molecular complexity index is 638. The number of benzene rings is 1. The van der Waals surface area contributed by atoms with Crippen molar-refractivity contribution in [1.82, 2.24) is 10.2 Å². The molecule has 3 amide bonds. The maximum absolute atomic E-state index is 12.5. The Labute approximate surface area is 133 Å². The highest BCUT2D eigenvalue weighted by Gasteiger charge is 2.19. The molecule has 1 aromatic carbocycles. The molecular weight excluding hydrogens is 298 g/mol. The van der Waals surface area contributed by atoms with Crippen molar-refractivity contribution in [1.29, 1.82) is 0 Å². The van der Waals surface area contributed by atoms with Gasteiger partial charge in [-0.3, -0.25) is 4.79 Å². The van der Waals surface area contributed by atoms with E-state index in [9.17, 15) is 9.59 Å². The third kappa shape index (κ3) is 3.85. The average Bonchev–Trinajstić information content (AvgIpc) is 3.05. The zero-order valence-electron chi connectivity index (χ0n) is 12.6. The second-order valence-corrected chi connectivity index (χ2v) is 6.00.